The van der Waals surface area contributed by atoms with Gasteiger partial charge in [-0.3, -0.25) is 4.79 Å². The first-order valence-corrected chi connectivity index (χ1v) is 18.6. The summed E-state index contributed by atoms with van der Waals surface area (Å²) in [7, 11) is 0. The Morgan fingerprint density at radius 2 is 1.17 bits per heavy atom. The number of benzene rings is 2. The first kappa shape index (κ1) is 46.4. The quantitative estimate of drug-likeness (QED) is 0.144. The minimum absolute atomic E-state index is 0.150. The number of carbonyl (C=O) groups excluding carboxylic acids is 1. The molecule has 4 aromatic rings. The van der Waals surface area contributed by atoms with E-state index >= 15 is 0 Å². The topological polar surface area (TPSA) is 190 Å². The van der Waals surface area contributed by atoms with E-state index < -0.39 is 52.9 Å². The molecule has 0 bridgehead atoms. The molecule has 0 spiro atoms. The number of amides is 1. The summed E-state index contributed by atoms with van der Waals surface area (Å²) in [6, 6.07) is 10.3. The Bertz CT molecular complexity index is 2000. The second-order valence-corrected chi connectivity index (χ2v) is 15.2. The van der Waals surface area contributed by atoms with Crippen LogP contribution in [0.2, 0.25) is 0 Å². The Morgan fingerprint density at radius 3 is 1.61 bits per heavy atom. The lowest BCUT2D eigenvalue weighted by Gasteiger charge is -2.37. The maximum absolute atomic E-state index is 13.0. The molecule has 0 saturated carbocycles. The molecule has 2 aliphatic rings. The summed E-state index contributed by atoms with van der Waals surface area (Å²) in [5.41, 5.74) is -1.70. The van der Waals surface area contributed by atoms with Gasteiger partial charge < -0.3 is 35.0 Å². The summed E-state index contributed by atoms with van der Waals surface area (Å²) in [5, 5.41) is 48.9. The van der Waals surface area contributed by atoms with Gasteiger partial charge in [0.1, 0.15) is 39.7 Å². The van der Waals surface area contributed by atoms with E-state index in [9.17, 15) is 46.1 Å². The van der Waals surface area contributed by atoms with Gasteiger partial charge in [-0.15, -0.1) is 26.3 Å². The van der Waals surface area contributed by atoms with Crippen LogP contribution in [0.4, 0.5) is 26.3 Å². The van der Waals surface area contributed by atoms with Crippen LogP contribution in [0.25, 0.3) is 0 Å². The van der Waals surface area contributed by atoms with Gasteiger partial charge in [0.15, 0.2) is 0 Å². The molecule has 4 N–H and O–H groups in total. The molecule has 2 aliphatic heterocycles. The highest BCUT2D eigenvalue weighted by atomic mass is 19.4. The first-order chi connectivity index (χ1) is 27.3. The number of halogens is 6. The average molecular weight is 843 g/mol. The summed E-state index contributed by atoms with van der Waals surface area (Å²) < 4.78 is 80.9. The van der Waals surface area contributed by atoms with E-state index in [1.54, 1.807) is 38.7 Å². The van der Waals surface area contributed by atoms with Gasteiger partial charge in [-0.1, -0.05) is 24.3 Å². The summed E-state index contributed by atoms with van der Waals surface area (Å²) >= 11 is 0. The zero-order valence-electron chi connectivity index (χ0n) is 33.2. The van der Waals surface area contributed by atoms with Gasteiger partial charge in [-0.25, -0.2) is 4.79 Å². The van der Waals surface area contributed by atoms with Gasteiger partial charge in [0, 0.05) is 25.2 Å². The van der Waals surface area contributed by atoms with Gasteiger partial charge in [0.2, 0.25) is 0 Å². The molecule has 0 unspecified atom stereocenters. The number of alkyl halides is 6. The summed E-state index contributed by atoms with van der Waals surface area (Å²) in [6.45, 7) is 11.8. The number of nitrogens with one attached hydrogen (secondary N) is 1. The zero-order valence-corrected chi connectivity index (χ0v) is 33.2. The fourth-order valence-corrected chi connectivity index (χ4v) is 6.07. The highest BCUT2D eigenvalue weighted by Gasteiger charge is 2.37. The van der Waals surface area contributed by atoms with Crippen molar-refractivity contribution in [3.8, 4) is 11.5 Å². The molecule has 2 saturated heterocycles. The van der Waals surface area contributed by atoms with Crippen molar-refractivity contribution in [2.24, 2.45) is 0 Å². The number of piperidine rings is 2. The fourth-order valence-electron chi connectivity index (χ4n) is 6.07. The van der Waals surface area contributed by atoms with Gasteiger partial charge in [0.05, 0.1) is 30.0 Å². The Hall–Kier alpha value is -5.28. The van der Waals surface area contributed by atoms with Crippen molar-refractivity contribution in [2.45, 2.75) is 115 Å². The standard InChI is InChI=1S/C19H23F3N4O3.C11H20N4O.C8H5F3O3/c1-12-8-9-13(26-23-10-16(24-26)18(2,3)28)11-25(12)17(27)14-6-4-5-7-15(14)29-19(20,21)22;1-8-4-5-9(6-12-8)15-13-7-10(14-15)11(2,3)16;9-8(10,11)14-6-4-2-1-3-5(6)7(12)13/h4-7,10,12-13,28H,8-9,11H2,1-3H3;7-9,12,16H,4-6H2,1-3H3;1-4H,(H,12,13)/t12-,13-;8-,9-;/m11./s1. The van der Waals surface area contributed by atoms with Gasteiger partial charge in [-0.05, 0) is 91.5 Å². The van der Waals surface area contributed by atoms with Crippen LogP contribution in [0.5, 0.6) is 11.5 Å². The predicted molar refractivity (Wildman–Crippen MR) is 198 cm³/mol. The van der Waals surface area contributed by atoms with E-state index in [1.165, 1.54) is 46.2 Å². The third-order valence-corrected chi connectivity index (χ3v) is 9.36. The van der Waals surface area contributed by atoms with E-state index in [0.29, 0.717) is 36.3 Å². The zero-order chi connectivity index (χ0) is 43.9. The van der Waals surface area contributed by atoms with E-state index in [0.717, 1.165) is 37.6 Å². The van der Waals surface area contributed by atoms with Crippen molar-refractivity contribution < 1.29 is 60.7 Å². The summed E-state index contributed by atoms with van der Waals surface area (Å²) in [5.74, 6) is -3.25. The van der Waals surface area contributed by atoms with Crippen LogP contribution in [-0.2, 0) is 11.2 Å². The van der Waals surface area contributed by atoms with Crippen LogP contribution in [0.3, 0.4) is 0 Å². The lowest BCUT2D eigenvalue weighted by molar-refractivity contribution is -0.275. The molecule has 15 nitrogen and oxygen atoms in total. The van der Waals surface area contributed by atoms with E-state index in [-0.39, 0.29) is 24.2 Å². The second-order valence-electron chi connectivity index (χ2n) is 15.2. The van der Waals surface area contributed by atoms with Gasteiger partial charge in [-0.2, -0.15) is 30.0 Å². The Morgan fingerprint density at radius 1 is 0.712 bits per heavy atom. The summed E-state index contributed by atoms with van der Waals surface area (Å²) in [6.07, 6.45) is -3.08. The number of carboxylic acid groups (broad SMARTS) is 1. The summed E-state index contributed by atoms with van der Waals surface area (Å²) in [4.78, 5) is 28.2. The largest absolute Gasteiger partial charge is 0.573 e. The number of nitrogens with zero attached hydrogens (tertiary/aromatic N) is 7. The van der Waals surface area contributed by atoms with Crippen LogP contribution in [0.15, 0.2) is 60.9 Å². The van der Waals surface area contributed by atoms with Crippen LogP contribution in [-0.4, -0.2) is 100.0 Å². The molecule has 59 heavy (non-hydrogen) atoms. The molecule has 4 heterocycles. The maximum atomic E-state index is 13.0. The number of carbonyl (C=O) groups is 2. The molecule has 324 valence electrons. The van der Waals surface area contributed by atoms with Gasteiger partial charge >= 0.3 is 18.7 Å². The van der Waals surface area contributed by atoms with Crippen molar-refractivity contribution in [1.29, 1.82) is 0 Å². The molecule has 4 atom stereocenters. The minimum Gasteiger partial charge on any atom is -0.478 e. The van der Waals surface area contributed by atoms with E-state index in [1.807, 2.05) is 6.92 Å². The fraction of sp³-hybridized carbons (Fsp3) is 0.526. The van der Waals surface area contributed by atoms with Gasteiger partial charge in [0.25, 0.3) is 5.91 Å². The second kappa shape index (κ2) is 18.8. The highest BCUT2D eigenvalue weighted by Crippen LogP contribution is 2.32. The number of carboxylic acids is 1. The number of ether oxygens (including phenoxy) is 2. The lowest BCUT2D eigenvalue weighted by atomic mass is 9.98. The number of hydrogen-bond donors (Lipinski definition) is 4. The molecule has 21 heteroatoms. The minimum atomic E-state index is -4.89. The third-order valence-electron chi connectivity index (χ3n) is 9.36. The van der Waals surface area contributed by atoms with Crippen molar-refractivity contribution in [3.63, 3.8) is 0 Å². The predicted octanol–water partition coefficient (Wildman–Crippen LogP) is 6.37. The van der Waals surface area contributed by atoms with Crippen LogP contribution in [0.1, 0.15) is 111 Å². The molecular formula is C38H48F6N8O7. The Labute approximate surface area is 335 Å². The smallest absolute Gasteiger partial charge is 0.478 e. The van der Waals surface area contributed by atoms with E-state index in [4.69, 9.17) is 5.11 Å². The number of para-hydroxylation sites is 2. The molecule has 0 radical (unpaired) electrons. The Kier molecular flexibility index (Phi) is 14.8. The van der Waals surface area contributed by atoms with Crippen LogP contribution >= 0.6 is 0 Å². The number of hydrogen-bond acceptors (Lipinski definition) is 11. The monoisotopic (exact) mass is 842 g/mol. The first-order valence-electron chi connectivity index (χ1n) is 18.6. The molecule has 2 aromatic heterocycles. The van der Waals surface area contributed by atoms with Crippen molar-refractivity contribution >= 4 is 11.9 Å². The third kappa shape index (κ3) is 13.6. The normalized spacial score (nSPS) is 20.1. The molecular weight excluding hydrogens is 794 g/mol. The van der Waals surface area contributed by atoms with E-state index in [2.05, 4.69) is 42.1 Å². The van der Waals surface area contributed by atoms with Crippen LogP contribution in [0, 0.1) is 0 Å². The number of rotatable bonds is 8. The molecule has 2 fully saturated rings. The Balaban J connectivity index is 0.000000216. The maximum Gasteiger partial charge on any atom is 0.573 e. The number of likely N-dealkylation sites (tertiary alicyclic amines) is 1. The number of aliphatic hydroxyl groups is 2. The SMILES string of the molecule is C[C@@H]1CC[C@@H](n2ncc(C(C)(C)O)n2)CN1.C[C@@H]1CC[C@@H](n2ncc(C(C)(C)O)n2)CN1C(=O)c1ccccc1OC(F)(F)F.O=C(O)c1ccccc1OC(F)(F)F. The molecule has 2 aromatic carbocycles. The molecule has 0 aliphatic carbocycles. The number of aromatic carboxylic acids is 1. The average Bonchev–Trinajstić information content (AvgIpc) is 3.84. The van der Waals surface area contributed by atoms with Crippen molar-refractivity contribution in [1.82, 2.24) is 40.2 Å². The highest BCUT2D eigenvalue weighted by molar-refractivity contribution is 5.97. The van der Waals surface area contributed by atoms with Crippen LogP contribution < -0.4 is 14.8 Å². The van der Waals surface area contributed by atoms with Crippen molar-refractivity contribution in [3.05, 3.63) is 83.4 Å². The lowest BCUT2D eigenvalue weighted by Crippen LogP contribution is -2.46. The van der Waals surface area contributed by atoms with Crippen molar-refractivity contribution in [2.75, 3.05) is 13.1 Å². The number of aromatic nitrogens is 6. The molecule has 1 amide bonds. The molecule has 6 rings (SSSR count).